The highest BCUT2D eigenvalue weighted by molar-refractivity contribution is 7.80. The monoisotopic (exact) mass is 284 g/mol. The molecule has 1 aliphatic rings. The molecule has 98 valence electrons. The number of benzene rings is 1. The zero-order valence-electron chi connectivity index (χ0n) is 10.0. The lowest BCUT2D eigenvalue weighted by Gasteiger charge is -2.26. The van der Waals surface area contributed by atoms with E-state index in [1.54, 1.807) is 18.2 Å². The first-order valence-corrected chi connectivity index (χ1v) is 7.00. The summed E-state index contributed by atoms with van der Waals surface area (Å²) >= 11 is 10.5. The number of nitrogen functional groups attached to an aromatic ring is 1. The van der Waals surface area contributed by atoms with Crippen LogP contribution < -0.4 is 11.1 Å². The summed E-state index contributed by atoms with van der Waals surface area (Å²) in [6.45, 7) is 0. The van der Waals surface area contributed by atoms with Gasteiger partial charge in [-0.3, -0.25) is 4.79 Å². The first-order chi connectivity index (χ1) is 8.58. The lowest BCUT2D eigenvalue weighted by Crippen LogP contribution is -2.38. The predicted octanol–water partition coefficient (Wildman–Crippen LogP) is 2.89. The van der Waals surface area contributed by atoms with E-state index in [1.165, 1.54) is 0 Å². The maximum atomic E-state index is 12.1. The van der Waals surface area contributed by atoms with Crippen LogP contribution in [0.25, 0.3) is 0 Å². The second kappa shape index (κ2) is 5.85. The van der Waals surface area contributed by atoms with Gasteiger partial charge in [0.1, 0.15) is 0 Å². The van der Waals surface area contributed by atoms with E-state index < -0.39 is 0 Å². The Kier molecular flexibility index (Phi) is 4.40. The zero-order valence-corrected chi connectivity index (χ0v) is 11.7. The molecule has 3 nitrogen and oxygen atoms in total. The van der Waals surface area contributed by atoms with Crippen LogP contribution in [-0.2, 0) is 0 Å². The van der Waals surface area contributed by atoms with Crippen LogP contribution in [0.4, 0.5) is 5.69 Å². The summed E-state index contributed by atoms with van der Waals surface area (Å²) in [5.41, 5.74) is 6.59. The Morgan fingerprint density at radius 3 is 2.61 bits per heavy atom. The van der Waals surface area contributed by atoms with Crippen LogP contribution in [0, 0.1) is 0 Å². The molecule has 3 N–H and O–H groups in total. The Morgan fingerprint density at radius 2 is 2.00 bits per heavy atom. The van der Waals surface area contributed by atoms with Gasteiger partial charge in [-0.2, -0.15) is 12.6 Å². The van der Waals surface area contributed by atoms with E-state index in [-0.39, 0.29) is 11.9 Å². The van der Waals surface area contributed by atoms with Gasteiger partial charge in [0.15, 0.2) is 0 Å². The van der Waals surface area contributed by atoms with Gasteiger partial charge in [0.25, 0.3) is 5.91 Å². The lowest BCUT2D eigenvalue weighted by molar-refractivity contribution is 0.0929. The van der Waals surface area contributed by atoms with Gasteiger partial charge in [0.05, 0.1) is 10.6 Å². The van der Waals surface area contributed by atoms with Crippen molar-refractivity contribution in [2.45, 2.75) is 37.0 Å². The van der Waals surface area contributed by atoms with Crippen molar-refractivity contribution in [3.63, 3.8) is 0 Å². The summed E-state index contributed by atoms with van der Waals surface area (Å²) in [4.78, 5) is 12.1. The molecule has 1 amide bonds. The highest BCUT2D eigenvalue weighted by atomic mass is 35.5. The van der Waals surface area contributed by atoms with Gasteiger partial charge in [-0.25, -0.2) is 0 Å². The van der Waals surface area contributed by atoms with Crippen molar-refractivity contribution < 1.29 is 4.79 Å². The van der Waals surface area contributed by atoms with Gasteiger partial charge in [0.2, 0.25) is 0 Å². The number of hydrogen-bond donors (Lipinski definition) is 3. The van der Waals surface area contributed by atoms with E-state index >= 15 is 0 Å². The third-order valence-corrected chi connectivity index (χ3v) is 4.14. The number of nitrogens with two attached hydrogens (primary N) is 1. The quantitative estimate of drug-likeness (QED) is 0.578. The molecule has 0 aliphatic heterocycles. The summed E-state index contributed by atoms with van der Waals surface area (Å²) in [7, 11) is 0. The Bertz CT molecular complexity index is 424. The number of rotatable bonds is 2. The second-order valence-corrected chi connectivity index (χ2v) is 5.82. The second-order valence-electron chi connectivity index (χ2n) is 4.68. The minimum atomic E-state index is -0.180. The van der Waals surface area contributed by atoms with E-state index in [4.69, 9.17) is 17.3 Å². The standard InChI is InChI=1S/C13H17ClN2OS/c14-10-2-1-3-11(15)12(10)13(17)16-8-4-6-9(18)7-5-8/h1-3,8-9,18H,4-7,15H2,(H,16,17). The van der Waals surface area contributed by atoms with Crippen LogP contribution in [-0.4, -0.2) is 17.2 Å². The number of carbonyl (C=O) groups excluding carboxylic acids is 1. The van der Waals surface area contributed by atoms with Crippen molar-refractivity contribution in [1.82, 2.24) is 5.32 Å². The molecule has 0 aromatic heterocycles. The molecule has 1 aromatic carbocycles. The first-order valence-electron chi connectivity index (χ1n) is 6.11. The molecule has 0 spiro atoms. The molecule has 0 radical (unpaired) electrons. The number of amides is 1. The fourth-order valence-electron chi connectivity index (χ4n) is 2.26. The molecular formula is C13H17ClN2OS. The molecular weight excluding hydrogens is 268 g/mol. The largest absolute Gasteiger partial charge is 0.398 e. The Morgan fingerprint density at radius 1 is 1.33 bits per heavy atom. The molecule has 1 fully saturated rings. The zero-order chi connectivity index (χ0) is 13.1. The third kappa shape index (κ3) is 3.12. The van der Waals surface area contributed by atoms with E-state index in [9.17, 15) is 4.79 Å². The van der Waals surface area contributed by atoms with Gasteiger partial charge in [-0.05, 0) is 37.8 Å². The molecule has 18 heavy (non-hydrogen) atoms. The molecule has 0 saturated heterocycles. The number of thiol groups is 1. The van der Waals surface area contributed by atoms with Crippen molar-refractivity contribution >= 4 is 35.8 Å². The lowest BCUT2D eigenvalue weighted by atomic mass is 9.94. The normalized spacial score (nSPS) is 23.7. The van der Waals surface area contributed by atoms with Crippen molar-refractivity contribution in [2.75, 3.05) is 5.73 Å². The Balaban J connectivity index is 2.04. The van der Waals surface area contributed by atoms with Crippen molar-refractivity contribution in [2.24, 2.45) is 0 Å². The highest BCUT2D eigenvalue weighted by Crippen LogP contribution is 2.25. The van der Waals surface area contributed by atoms with Crippen LogP contribution in [0.5, 0.6) is 0 Å². The topological polar surface area (TPSA) is 55.1 Å². The number of carbonyl (C=O) groups is 1. The van der Waals surface area contributed by atoms with E-state index in [0.29, 0.717) is 21.5 Å². The summed E-state index contributed by atoms with van der Waals surface area (Å²) in [5, 5.41) is 3.86. The van der Waals surface area contributed by atoms with Gasteiger partial charge in [-0.1, -0.05) is 17.7 Å². The molecule has 2 rings (SSSR count). The highest BCUT2D eigenvalue weighted by Gasteiger charge is 2.22. The van der Waals surface area contributed by atoms with Crippen molar-refractivity contribution in [3.8, 4) is 0 Å². The van der Waals surface area contributed by atoms with E-state index in [2.05, 4.69) is 17.9 Å². The number of anilines is 1. The summed E-state index contributed by atoms with van der Waals surface area (Å²) in [6.07, 6.45) is 3.99. The maximum Gasteiger partial charge on any atom is 0.255 e. The minimum absolute atomic E-state index is 0.180. The minimum Gasteiger partial charge on any atom is -0.398 e. The van der Waals surface area contributed by atoms with Crippen LogP contribution in [0.15, 0.2) is 18.2 Å². The number of halogens is 1. The van der Waals surface area contributed by atoms with Gasteiger partial charge < -0.3 is 11.1 Å². The van der Waals surface area contributed by atoms with Gasteiger partial charge in [-0.15, -0.1) is 0 Å². The van der Waals surface area contributed by atoms with Crippen LogP contribution >= 0.6 is 24.2 Å². The average molecular weight is 285 g/mol. The summed E-state index contributed by atoms with van der Waals surface area (Å²) < 4.78 is 0. The van der Waals surface area contributed by atoms with E-state index in [0.717, 1.165) is 25.7 Å². The Labute approximate surface area is 117 Å². The SMILES string of the molecule is Nc1cccc(Cl)c1C(=O)NC1CCC(S)CC1. The fraction of sp³-hybridized carbons (Fsp3) is 0.462. The molecule has 1 saturated carbocycles. The molecule has 0 atom stereocenters. The molecule has 0 heterocycles. The van der Waals surface area contributed by atoms with Crippen LogP contribution in [0.3, 0.4) is 0 Å². The first kappa shape index (κ1) is 13.6. The van der Waals surface area contributed by atoms with E-state index in [1.807, 2.05) is 0 Å². The Hall–Kier alpha value is -0.870. The van der Waals surface area contributed by atoms with Crippen LogP contribution in [0.2, 0.25) is 5.02 Å². The number of hydrogen-bond acceptors (Lipinski definition) is 3. The average Bonchev–Trinajstić information content (AvgIpc) is 2.32. The predicted molar refractivity (Wildman–Crippen MR) is 78.4 cm³/mol. The fourth-order valence-corrected chi connectivity index (χ4v) is 2.82. The molecule has 0 unspecified atom stereocenters. The smallest absolute Gasteiger partial charge is 0.255 e. The number of nitrogens with one attached hydrogen (secondary N) is 1. The van der Waals surface area contributed by atoms with Gasteiger partial charge in [0, 0.05) is 17.0 Å². The summed E-state index contributed by atoms with van der Waals surface area (Å²) in [6, 6.07) is 5.31. The molecule has 1 aromatic rings. The molecule has 5 heteroatoms. The van der Waals surface area contributed by atoms with Crippen molar-refractivity contribution in [1.29, 1.82) is 0 Å². The van der Waals surface area contributed by atoms with Crippen LogP contribution in [0.1, 0.15) is 36.0 Å². The van der Waals surface area contributed by atoms with Gasteiger partial charge >= 0.3 is 0 Å². The van der Waals surface area contributed by atoms with Crippen molar-refractivity contribution in [3.05, 3.63) is 28.8 Å². The third-order valence-electron chi connectivity index (χ3n) is 3.30. The maximum absolute atomic E-state index is 12.1. The molecule has 0 bridgehead atoms. The molecule has 1 aliphatic carbocycles. The summed E-state index contributed by atoms with van der Waals surface area (Å²) in [5.74, 6) is -0.180.